The first-order valence-electron chi connectivity index (χ1n) is 5.58. The predicted octanol–water partition coefficient (Wildman–Crippen LogP) is 3.40. The number of H-pyrrole nitrogens is 1. The lowest BCUT2D eigenvalue weighted by Gasteiger charge is -2.00. The molecule has 0 saturated carbocycles. The lowest BCUT2D eigenvalue weighted by atomic mass is 10.3. The number of hydrogen-bond donors (Lipinski definition) is 2. The van der Waals surface area contributed by atoms with E-state index in [4.69, 9.17) is 0 Å². The molecule has 0 fully saturated rings. The van der Waals surface area contributed by atoms with Crippen LogP contribution in [0.5, 0.6) is 0 Å². The van der Waals surface area contributed by atoms with Crippen molar-refractivity contribution in [2.75, 3.05) is 12.4 Å². The van der Waals surface area contributed by atoms with Gasteiger partial charge >= 0.3 is 0 Å². The molecule has 0 aliphatic heterocycles. The highest BCUT2D eigenvalue weighted by Crippen LogP contribution is 2.36. The Labute approximate surface area is 122 Å². The Morgan fingerprint density at radius 2 is 2.21 bits per heavy atom. The van der Waals surface area contributed by atoms with Crippen molar-refractivity contribution in [2.24, 2.45) is 0 Å². The Kier molecular flexibility index (Phi) is 3.31. The molecule has 0 atom stereocenters. The van der Waals surface area contributed by atoms with E-state index >= 15 is 0 Å². The summed E-state index contributed by atoms with van der Waals surface area (Å²) < 4.78 is 0.797. The number of hydrogen-bond acceptors (Lipinski definition) is 5. The van der Waals surface area contributed by atoms with Crippen LogP contribution in [-0.2, 0) is 0 Å². The van der Waals surface area contributed by atoms with E-state index in [1.807, 2.05) is 19.2 Å². The van der Waals surface area contributed by atoms with Crippen molar-refractivity contribution in [3.8, 4) is 21.3 Å². The van der Waals surface area contributed by atoms with E-state index < -0.39 is 0 Å². The average molecular weight is 336 g/mol. The van der Waals surface area contributed by atoms with Crippen molar-refractivity contribution in [2.45, 2.75) is 0 Å². The van der Waals surface area contributed by atoms with Gasteiger partial charge < -0.3 is 10.3 Å². The molecule has 0 unspecified atom stereocenters. The highest BCUT2D eigenvalue weighted by molar-refractivity contribution is 9.10. The highest BCUT2D eigenvalue weighted by atomic mass is 79.9. The maximum Gasteiger partial charge on any atom is 0.150 e. The Balaban J connectivity index is 2.04. The summed E-state index contributed by atoms with van der Waals surface area (Å²) in [7, 11) is 1.85. The zero-order valence-corrected chi connectivity index (χ0v) is 12.4. The highest BCUT2D eigenvalue weighted by Gasteiger charge is 2.14. The van der Waals surface area contributed by atoms with Gasteiger partial charge in [0.2, 0.25) is 0 Å². The molecule has 0 aliphatic carbocycles. The normalized spacial score (nSPS) is 10.6. The first-order valence-corrected chi connectivity index (χ1v) is 7.19. The van der Waals surface area contributed by atoms with E-state index in [1.54, 1.807) is 29.9 Å². The van der Waals surface area contributed by atoms with Crippen LogP contribution in [0.25, 0.3) is 21.3 Å². The van der Waals surface area contributed by atoms with Gasteiger partial charge in [0.15, 0.2) is 0 Å². The minimum Gasteiger partial charge on any atom is -0.373 e. The van der Waals surface area contributed by atoms with Gasteiger partial charge in [0.25, 0.3) is 0 Å². The number of aromatic nitrogens is 4. The number of aromatic amines is 1. The monoisotopic (exact) mass is 335 g/mol. The number of rotatable bonds is 3. The van der Waals surface area contributed by atoms with Crippen LogP contribution in [0.3, 0.4) is 0 Å². The summed E-state index contributed by atoms with van der Waals surface area (Å²) in [6.45, 7) is 0. The van der Waals surface area contributed by atoms with Crippen LogP contribution >= 0.6 is 27.3 Å². The van der Waals surface area contributed by atoms with Crippen molar-refractivity contribution in [3.05, 3.63) is 35.3 Å². The zero-order valence-electron chi connectivity index (χ0n) is 10.0. The molecule has 0 spiro atoms. The third-order valence-corrected chi connectivity index (χ3v) is 4.51. The van der Waals surface area contributed by atoms with Gasteiger partial charge in [-0.1, -0.05) is 0 Å². The largest absolute Gasteiger partial charge is 0.373 e. The quantitative estimate of drug-likeness (QED) is 0.769. The molecule has 3 heterocycles. The van der Waals surface area contributed by atoms with Crippen LogP contribution in [0.15, 0.2) is 35.3 Å². The number of nitrogens with one attached hydrogen (secondary N) is 2. The minimum absolute atomic E-state index is 0.797. The number of pyridine rings is 1. The molecular formula is C12H10BrN5S. The fraction of sp³-hybridized carbons (Fsp3) is 0.0833. The average Bonchev–Trinajstić information content (AvgIpc) is 3.07. The Morgan fingerprint density at radius 1 is 1.32 bits per heavy atom. The van der Waals surface area contributed by atoms with Gasteiger partial charge in [0.1, 0.15) is 26.1 Å². The second kappa shape index (κ2) is 5.10. The maximum absolute atomic E-state index is 4.53. The lowest BCUT2D eigenvalue weighted by Crippen LogP contribution is -1.91. The molecule has 3 rings (SSSR count). The van der Waals surface area contributed by atoms with Gasteiger partial charge in [-0.3, -0.25) is 0 Å². The number of nitrogens with zero attached hydrogens (tertiary/aromatic N) is 3. The van der Waals surface area contributed by atoms with Crippen molar-refractivity contribution in [1.82, 2.24) is 19.9 Å². The first kappa shape index (κ1) is 12.3. The van der Waals surface area contributed by atoms with Crippen LogP contribution < -0.4 is 5.32 Å². The molecule has 2 N–H and O–H groups in total. The van der Waals surface area contributed by atoms with Gasteiger partial charge in [0.05, 0.1) is 0 Å². The number of thiazole rings is 1. The summed E-state index contributed by atoms with van der Waals surface area (Å²) in [5.74, 6) is 1.64. The second-order valence-electron chi connectivity index (χ2n) is 3.76. The van der Waals surface area contributed by atoms with E-state index in [0.29, 0.717) is 0 Å². The Bertz CT molecular complexity index is 692. The first-order chi connectivity index (χ1) is 9.28. The predicted molar refractivity (Wildman–Crippen MR) is 80.2 cm³/mol. The van der Waals surface area contributed by atoms with Gasteiger partial charge in [0, 0.05) is 31.2 Å². The van der Waals surface area contributed by atoms with E-state index in [0.717, 1.165) is 31.7 Å². The van der Waals surface area contributed by atoms with Gasteiger partial charge in [-0.25, -0.2) is 15.0 Å². The van der Waals surface area contributed by atoms with Gasteiger partial charge in [-0.15, -0.1) is 11.3 Å². The Morgan fingerprint density at radius 3 is 2.95 bits per heavy atom. The minimum atomic E-state index is 0.797. The van der Waals surface area contributed by atoms with Gasteiger partial charge in [-0.2, -0.15) is 0 Å². The smallest absolute Gasteiger partial charge is 0.150 e. The van der Waals surface area contributed by atoms with Crippen molar-refractivity contribution >= 4 is 33.1 Å². The van der Waals surface area contributed by atoms with E-state index in [2.05, 4.69) is 41.2 Å². The summed E-state index contributed by atoms with van der Waals surface area (Å²) in [6, 6.07) is 3.91. The third kappa shape index (κ3) is 2.39. The molecule has 0 saturated heterocycles. The number of anilines is 1. The molecule has 19 heavy (non-hydrogen) atoms. The fourth-order valence-corrected chi connectivity index (χ4v) is 3.30. The molecule has 0 aromatic carbocycles. The standard InChI is InChI=1S/C12H10BrN5S/c1-14-8-6-7(2-3-15-8)12-18-10(13)9(19-12)11-16-4-5-17-11/h2-6H,1H3,(H,14,15)(H,16,17). The molecule has 7 heteroatoms. The third-order valence-electron chi connectivity index (χ3n) is 2.56. The summed E-state index contributed by atoms with van der Waals surface area (Å²) in [6.07, 6.45) is 5.29. The van der Waals surface area contributed by atoms with Crippen LogP contribution in [-0.4, -0.2) is 27.0 Å². The van der Waals surface area contributed by atoms with Crippen LogP contribution in [0.2, 0.25) is 0 Å². The SMILES string of the molecule is CNc1cc(-c2nc(Br)c(-c3ncc[nH]3)s2)ccn1. The topological polar surface area (TPSA) is 66.5 Å². The molecule has 0 amide bonds. The summed E-state index contributed by atoms with van der Waals surface area (Å²) >= 11 is 5.06. The molecule has 5 nitrogen and oxygen atoms in total. The Hall–Kier alpha value is -1.73. The van der Waals surface area contributed by atoms with Crippen LogP contribution in [0, 0.1) is 0 Å². The van der Waals surface area contributed by atoms with Gasteiger partial charge in [-0.05, 0) is 28.1 Å². The van der Waals surface area contributed by atoms with Crippen molar-refractivity contribution in [1.29, 1.82) is 0 Å². The zero-order chi connectivity index (χ0) is 13.2. The molecular weight excluding hydrogens is 326 g/mol. The molecule has 0 radical (unpaired) electrons. The van der Waals surface area contributed by atoms with Crippen molar-refractivity contribution in [3.63, 3.8) is 0 Å². The molecule has 96 valence electrons. The summed E-state index contributed by atoms with van der Waals surface area (Å²) in [4.78, 5) is 17.1. The number of imidazole rings is 1. The summed E-state index contributed by atoms with van der Waals surface area (Å²) in [5, 5.41) is 3.95. The van der Waals surface area contributed by atoms with E-state index in [1.165, 1.54) is 0 Å². The number of halogens is 1. The van der Waals surface area contributed by atoms with Crippen molar-refractivity contribution < 1.29 is 0 Å². The second-order valence-corrected chi connectivity index (χ2v) is 5.51. The maximum atomic E-state index is 4.53. The summed E-state index contributed by atoms with van der Waals surface area (Å²) in [5.41, 5.74) is 1.03. The van der Waals surface area contributed by atoms with Crippen LogP contribution in [0.4, 0.5) is 5.82 Å². The van der Waals surface area contributed by atoms with Crippen LogP contribution in [0.1, 0.15) is 0 Å². The molecule has 3 aromatic rings. The lowest BCUT2D eigenvalue weighted by molar-refractivity contribution is 1.27. The van der Waals surface area contributed by atoms with E-state index in [9.17, 15) is 0 Å². The fourth-order valence-electron chi connectivity index (χ4n) is 1.66. The molecule has 0 aliphatic rings. The van der Waals surface area contributed by atoms with E-state index in [-0.39, 0.29) is 0 Å². The molecule has 0 bridgehead atoms. The molecule has 3 aromatic heterocycles.